The number of aliphatic imine (C=N–C) groups is 1. The molecule has 7 nitrogen and oxygen atoms in total. The second-order valence-corrected chi connectivity index (χ2v) is 7.62. The molecule has 0 spiro atoms. The Hall–Kier alpha value is -2.80. The number of ether oxygens (including phenoxy) is 2. The van der Waals surface area contributed by atoms with E-state index in [4.69, 9.17) is 9.47 Å². The van der Waals surface area contributed by atoms with Gasteiger partial charge in [-0.1, -0.05) is 31.5 Å². The van der Waals surface area contributed by atoms with Crippen LogP contribution in [0, 0.1) is 0 Å². The summed E-state index contributed by atoms with van der Waals surface area (Å²) >= 11 is 0. The van der Waals surface area contributed by atoms with Gasteiger partial charge in [0, 0.05) is 38.4 Å². The summed E-state index contributed by atoms with van der Waals surface area (Å²) in [6.07, 6.45) is 6.65. The molecule has 1 aliphatic heterocycles. The highest BCUT2D eigenvalue weighted by molar-refractivity contribution is 5.79. The average molecular weight is 426 g/mol. The van der Waals surface area contributed by atoms with Gasteiger partial charge in [-0.15, -0.1) is 0 Å². The molecule has 0 aliphatic carbocycles. The molecule has 1 aromatic heterocycles. The Morgan fingerprint density at radius 3 is 2.65 bits per heavy atom. The molecule has 168 valence electrons. The van der Waals surface area contributed by atoms with Crippen molar-refractivity contribution in [2.24, 2.45) is 4.99 Å². The van der Waals surface area contributed by atoms with Crippen molar-refractivity contribution in [2.75, 3.05) is 39.8 Å². The molecule has 1 fully saturated rings. The molecule has 0 bridgehead atoms. The van der Waals surface area contributed by atoms with Crippen molar-refractivity contribution < 1.29 is 9.47 Å². The number of guanidine groups is 1. The minimum Gasteiger partial charge on any atom is -0.490 e. The lowest BCUT2D eigenvalue weighted by Gasteiger charge is -2.26. The van der Waals surface area contributed by atoms with Gasteiger partial charge in [-0.3, -0.25) is 4.99 Å². The highest BCUT2D eigenvalue weighted by Crippen LogP contribution is 2.31. The second-order valence-electron chi connectivity index (χ2n) is 7.62. The summed E-state index contributed by atoms with van der Waals surface area (Å²) in [5.74, 6) is 2.73. The monoisotopic (exact) mass is 425 g/mol. The fourth-order valence-electron chi connectivity index (χ4n) is 3.54. The van der Waals surface area contributed by atoms with E-state index in [9.17, 15) is 0 Å². The maximum absolute atomic E-state index is 6.12. The summed E-state index contributed by atoms with van der Waals surface area (Å²) in [6, 6.07) is 11.6. The molecule has 2 N–H and O–H groups in total. The van der Waals surface area contributed by atoms with E-state index in [1.807, 2.05) is 36.4 Å². The number of pyridine rings is 1. The van der Waals surface area contributed by atoms with E-state index in [1.54, 1.807) is 13.2 Å². The van der Waals surface area contributed by atoms with E-state index in [-0.39, 0.29) is 0 Å². The van der Waals surface area contributed by atoms with E-state index in [1.165, 1.54) is 32.4 Å². The minimum atomic E-state index is 0.560. The lowest BCUT2D eigenvalue weighted by molar-refractivity contribution is 0.232. The van der Waals surface area contributed by atoms with Crippen LogP contribution >= 0.6 is 0 Å². The van der Waals surface area contributed by atoms with Crippen LogP contribution in [0.25, 0.3) is 0 Å². The van der Waals surface area contributed by atoms with Crippen LogP contribution in [0.2, 0.25) is 0 Å². The normalized spacial score (nSPS) is 14.8. The molecule has 1 aliphatic rings. The molecule has 2 heterocycles. The fourth-order valence-corrected chi connectivity index (χ4v) is 3.54. The maximum atomic E-state index is 6.12. The number of benzene rings is 1. The van der Waals surface area contributed by atoms with Crippen LogP contribution in [0.4, 0.5) is 0 Å². The highest BCUT2D eigenvalue weighted by Gasteiger charge is 2.12. The number of hydrogen-bond acceptors (Lipinski definition) is 5. The summed E-state index contributed by atoms with van der Waals surface area (Å²) < 4.78 is 11.9. The third kappa shape index (κ3) is 7.43. The number of hydrogen-bond donors (Lipinski definition) is 2. The summed E-state index contributed by atoms with van der Waals surface area (Å²) in [4.78, 5) is 11.3. The van der Waals surface area contributed by atoms with E-state index in [0.29, 0.717) is 24.8 Å². The molecule has 0 saturated carbocycles. The first-order chi connectivity index (χ1) is 15.3. The van der Waals surface area contributed by atoms with Crippen LogP contribution in [0.5, 0.6) is 17.4 Å². The number of piperidine rings is 1. The van der Waals surface area contributed by atoms with E-state index in [0.717, 1.165) is 36.8 Å². The molecule has 1 saturated heterocycles. The van der Waals surface area contributed by atoms with Gasteiger partial charge in [0.25, 0.3) is 0 Å². The standard InChI is InChI=1S/C24H35N5O2/c1-3-18-30-21-11-5-6-12-22(21)31-23-20(10-9-13-26-23)19-28-24(25-2)27-14-17-29-15-7-4-8-16-29/h5-6,9-13H,3-4,7-8,14-19H2,1-2H3,(H2,25,27,28). The van der Waals surface area contributed by atoms with Crippen molar-refractivity contribution >= 4 is 5.96 Å². The largest absolute Gasteiger partial charge is 0.490 e. The van der Waals surface area contributed by atoms with Gasteiger partial charge in [0.2, 0.25) is 5.88 Å². The average Bonchev–Trinajstić information content (AvgIpc) is 2.82. The van der Waals surface area contributed by atoms with E-state index >= 15 is 0 Å². The Bertz CT molecular complexity index is 821. The predicted molar refractivity (Wildman–Crippen MR) is 125 cm³/mol. The Morgan fingerprint density at radius 1 is 1.06 bits per heavy atom. The van der Waals surface area contributed by atoms with Crippen LogP contribution < -0.4 is 20.1 Å². The topological polar surface area (TPSA) is 71.0 Å². The Balaban J connectivity index is 1.55. The van der Waals surface area contributed by atoms with E-state index in [2.05, 4.69) is 32.4 Å². The van der Waals surface area contributed by atoms with Crippen molar-refractivity contribution in [1.82, 2.24) is 20.5 Å². The zero-order valence-corrected chi connectivity index (χ0v) is 18.8. The zero-order valence-electron chi connectivity index (χ0n) is 18.8. The smallest absolute Gasteiger partial charge is 0.224 e. The van der Waals surface area contributed by atoms with Crippen molar-refractivity contribution in [2.45, 2.75) is 39.2 Å². The van der Waals surface area contributed by atoms with Gasteiger partial charge in [0.1, 0.15) is 0 Å². The molecule has 0 atom stereocenters. The first-order valence-corrected chi connectivity index (χ1v) is 11.3. The van der Waals surface area contributed by atoms with Gasteiger partial charge < -0.3 is 25.0 Å². The molecule has 31 heavy (non-hydrogen) atoms. The van der Waals surface area contributed by atoms with Crippen molar-refractivity contribution in [3.8, 4) is 17.4 Å². The summed E-state index contributed by atoms with van der Waals surface area (Å²) in [5.41, 5.74) is 0.951. The van der Waals surface area contributed by atoms with Crippen molar-refractivity contribution in [3.05, 3.63) is 48.2 Å². The molecular weight excluding hydrogens is 390 g/mol. The Kier molecular flexibility index (Phi) is 9.44. The van der Waals surface area contributed by atoms with E-state index < -0.39 is 0 Å². The maximum Gasteiger partial charge on any atom is 0.224 e. The van der Waals surface area contributed by atoms with Gasteiger partial charge in [-0.05, 0) is 50.6 Å². The zero-order chi connectivity index (χ0) is 21.7. The number of likely N-dealkylation sites (tertiary alicyclic amines) is 1. The summed E-state index contributed by atoms with van der Waals surface area (Å²) in [7, 11) is 1.79. The highest BCUT2D eigenvalue weighted by atomic mass is 16.5. The van der Waals surface area contributed by atoms with Crippen LogP contribution in [0.15, 0.2) is 47.6 Å². The molecule has 2 aromatic rings. The first kappa shape index (κ1) is 22.9. The fraction of sp³-hybridized carbons (Fsp3) is 0.500. The SMILES string of the molecule is CCCOc1ccccc1Oc1ncccc1CNC(=NC)NCCN1CCCCC1. The third-order valence-corrected chi connectivity index (χ3v) is 5.21. The van der Waals surface area contributed by atoms with Crippen LogP contribution in [0.1, 0.15) is 38.2 Å². The number of para-hydroxylation sites is 2. The van der Waals surface area contributed by atoms with Gasteiger partial charge in [0.05, 0.1) is 6.61 Å². The number of rotatable bonds is 10. The molecular formula is C24H35N5O2. The van der Waals surface area contributed by atoms with Crippen molar-refractivity contribution in [3.63, 3.8) is 0 Å². The lowest BCUT2D eigenvalue weighted by Crippen LogP contribution is -2.42. The quantitative estimate of drug-likeness (QED) is 0.446. The molecule has 0 radical (unpaired) electrons. The van der Waals surface area contributed by atoms with Crippen LogP contribution in [-0.4, -0.2) is 55.7 Å². The minimum absolute atomic E-state index is 0.560. The number of nitrogens with zero attached hydrogens (tertiary/aromatic N) is 3. The third-order valence-electron chi connectivity index (χ3n) is 5.21. The Morgan fingerprint density at radius 2 is 1.87 bits per heavy atom. The Labute approximate surface area is 185 Å². The molecule has 7 heteroatoms. The molecule has 0 amide bonds. The van der Waals surface area contributed by atoms with Gasteiger partial charge in [-0.2, -0.15) is 0 Å². The van der Waals surface area contributed by atoms with Crippen molar-refractivity contribution in [1.29, 1.82) is 0 Å². The van der Waals surface area contributed by atoms with Gasteiger partial charge >= 0.3 is 0 Å². The van der Waals surface area contributed by atoms with Crippen LogP contribution in [-0.2, 0) is 6.54 Å². The number of aromatic nitrogens is 1. The summed E-state index contributed by atoms with van der Waals surface area (Å²) in [5, 5.41) is 6.77. The van der Waals surface area contributed by atoms with Crippen LogP contribution in [0.3, 0.4) is 0 Å². The lowest BCUT2D eigenvalue weighted by atomic mass is 10.1. The molecule has 0 unspecified atom stereocenters. The predicted octanol–water partition coefficient (Wildman–Crippen LogP) is 3.81. The second kappa shape index (κ2) is 12.8. The molecule has 1 aromatic carbocycles. The summed E-state index contributed by atoms with van der Waals surface area (Å²) in [6.45, 7) is 7.61. The number of nitrogens with one attached hydrogen (secondary N) is 2. The van der Waals surface area contributed by atoms with Gasteiger partial charge in [-0.25, -0.2) is 4.98 Å². The first-order valence-electron chi connectivity index (χ1n) is 11.3. The van der Waals surface area contributed by atoms with Gasteiger partial charge in [0.15, 0.2) is 17.5 Å². The molecule has 3 rings (SSSR count).